The maximum absolute atomic E-state index is 13.5. The normalized spacial score (nSPS) is 20.7. The fourth-order valence-electron chi connectivity index (χ4n) is 3.74. The van der Waals surface area contributed by atoms with Crippen molar-refractivity contribution < 1.29 is 4.39 Å². The summed E-state index contributed by atoms with van der Waals surface area (Å²) in [5, 5.41) is 3.81. The van der Waals surface area contributed by atoms with E-state index in [1.54, 1.807) is 6.07 Å². The second-order valence-corrected chi connectivity index (χ2v) is 7.52. The fraction of sp³-hybridized carbons (Fsp3) is 0.182. The van der Waals surface area contributed by atoms with Crippen LogP contribution in [0.3, 0.4) is 0 Å². The lowest BCUT2D eigenvalue weighted by Gasteiger charge is -2.23. The Hall–Kier alpha value is -2.72. The highest BCUT2D eigenvalue weighted by Crippen LogP contribution is 2.56. The molecule has 0 radical (unpaired) electrons. The van der Waals surface area contributed by atoms with Crippen LogP contribution in [0.2, 0.25) is 5.02 Å². The fourth-order valence-corrected chi connectivity index (χ4v) is 3.99. The van der Waals surface area contributed by atoms with Crippen LogP contribution in [-0.4, -0.2) is 6.54 Å². The van der Waals surface area contributed by atoms with Gasteiger partial charge in [-0.3, -0.25) is 0 Å². The molecule has 0 bridgehead atoms. The van der Waals surface area contributed by atoms with Crippen LogP contribution in [0.5, 0.6) is 0 Å². The number of hydrogen-bond donors (Lipinski definition) is 2. The van der Waals surface area contributed by atoms with Gasteiger partial charge in [-0.2, -0.15) is 0 Å². The van der Waals surface area contributed by atoms with E-state index in [2.05, 4.69) is 35.5 Å². The Morgan fingerprint density at radius 3 is 2.85 bits per heavy atom. The number of nitrogens with zero attached hydrogens (tertiary/aromatic N) is 1. The molecule has 4 rings (SSSR count). The van der Waals surface area contributed by atoms with Gasteiger partial charge in [0.1, 0.15) is 5.82 Å². The van der Waals surface area contributed by atoms with Gasteiger partial charge in [-0.25, -0.2) is 4.39 Å². The quantitative estimate of drug-likeness (QED) is 0.781. The minimum absolute atomic E-state index is 0.118. The SMILES string of the molecule is C=C(N)c1cccc(N2CCC3(C=C3NCc3cc(F)cc(Cl)c3)C2=C)c1. The largest absolute Gasteiger partial charge is 0.399 e. The van der Waals surface area contributed by atoms with Gasteiger partial charge >= 0.3 is 0 Å². The molecular formula is C22H21ClFN3. The van der Waals surface area contributed by atoms with Crippen molar-refractivity contribution in [3.63, 3.8) is 0 Å². The summed E-state index contributed by atoms with van der Waals surface area (Å²) < 4.78 is 13.5. The molecule has 1 spiro atoms. The molecule has 0 amide bonds. The molecular weight excluding hydrogens is 361 g/mol. The van der Waals surface area contributed by atoms with Crippen LogP contribution in [0.25, 0.3) is 5.70 Å². The van der Waals surface area contributed by atoms with E-state index >= 15 is 0 Å². The van der Waals surface area contributed by atoms with Crippen LogP contribution in [0.1, 0.15) is 17.5 Å². The van der Waals surface area contributed by atoms with Crippen LogP contribution in [0.15, 0.2) is 73.1 Å². The molecule has 3 N–H and O–H groups in total. The lowest BCUT2D eigenvalue weighted by atomic mass is 9.98. The van der Waals surface area contributed by atoms with Gasteiger partial charge in [0, 0.05) is 40.9 Å². The molecule has 0 saturated carbocycles. The first-order valence-electron chi connectivity index (χ1n) is 8.83. The highest BCUT2D eigenvalue weighted by molar-refractivity contribution is 6.30. The summed E-state index contributed by atoms with van der Waals surface area (Å²) in [6, 6.07) is 12.6. The summed E-state index contributed by atoms with van der Waals surface area (Å²) in [6.45, 7) is 9.56. The van der Waals surface area contributed by atoms with Crippen LogP contribution in [0.4, 0.5) is 10.1 Å². The molecule has 2 aliphatic rings. The van der Waals surface area contributed by atoms with Gasteiger partial charge in [-0.1, -0.05) is 36.9 Å². The van der Waals surface area contributed by atoms with E-state index in [1.165, 1.54) is 12.1 Å². The Bertz CT molecular complexity index is 961. The van der Waals surface area contributed by atoms with Gasteiger partial charge in [-0.15, -0.1) is 0 Å². The van der Waals surface area contributed by atoms with Crippen molar-refractivity contribution >= 4 is 23.0 Å². The maximum atomic E-state index is 13.5. The average molecular weight is 382 g/mol. The van der Waals surface area contributed by atoms with Crippen molar-refractivity contribution in [2.24, 2.45) is 11.1 Å². The molecule has 1 heterocycles. The second-order valence-electron chi connectivity index (χ2n) is 7.08. The number of halogens is 2. The molecule has 1 saturated heterocycles. The Balaban J connectivity index is 1.44. The van der Waals surface area contributed by atoms with E-state index < -0.39 is 0 Å². The zero-order chi connectivity index (χ0) is 19.2. The monoisotopic (exact) mass is 381 g/mol. The van der Waals surface area contributed by atoms with Crippen molar-refractivity contribution in [3.8, 4) is 0 Å². The van der Waals surface area contributed by atoms with E-state index in [0.29, 0.717) is 17.3 Å². The molecule has 27 heavy (non-hydrogen) atoms. The van der Waals surface area contributed by atoms with E-state index in [-0.39, 0.29) is 11.2 Å². The zero-order valence-corrected chi connectivity index (χ0v) is 15.7. The van der Waals surface area contributed by atoms with E-state index in [4.69, 9.17) is 17.3 Å². The summed E-state index contributed by atoms with van der Waals surface area (Å²) in [7, 11) is 0. The van der Waals surface area contributed by atoms with Gasteiger partial charge in [0.2, 0.25) is 0 Å². The van der Waals surface area contributed by atoms with Crippen molar-refractivity contribution in [1.29, 1.82) is 0 Å². The summed E-state index contributed by atoms with van der Waals surface area (Å²) in [6.07, 6.45) is 3.16. The Labute approximate surface area is 163 Å². The van der Waals surface area contributed by atoms with Crippen LogP contribution < -0.4 is 16.0 Å². The standard InChI is InChI=1S/C22H21ClFN3/c1-14(25)17-4-3-5-20(10-17)27-7-6-22(15(27)2)12-21(22)26-13-16-8-18(23)11-19(24)9-16/h3-5,8-12,26H,1-2,6-7,13,25H2. The molecule has 3 nitrogen and oxygen atoms in total. The third-order valence-electron chi connectivity index (χ3n) is 5.29. The van der Waals surface area contributed by atoms with E-state index in [0.717, 1.165) is 41.2 Å². The minimum atomic E-state index is -0.323. The third-order valence-corrected chi connectivity index (χ3v) is 5.51. The number of hydrogen-bond acceptors (Lipinski definition) is 3. The second kappa shape index (κ2) is 6.46. The summed E-state index contributed by atoms with van der Waals surface area (Å²) in [5.41, 5.74) is 11.2. The number of benzene rings is 2. The van der Waals surface area contributed by atoms with Crippen LogP contribution in [-0.2, 0) is 6.54 Å². The smallest absolute Gasteiger partial charge is 0.125 e. The molecule has 2 aromatic rings. The molecule has 138 valence electrons. The van der Waals surface area contributed by atoms with Crippen molar-refractivity contribution in [2.45, 2.75) is 13.0 Å². The third kappa shape index (κ3) is 3.21. The van der Waals surface area contributed by atoms with Gasteiger partial charge in [-0.05, 0) is 54.0 Å². The Kier molecular flexibility index (Phi) is 4.23. The first-order valence-corrected chi connectivity index (χ1v) is 9.21. The lowest BCUT2D eigenvalue weighted by molar-refractivity contribution is 0.616. The van der Waals surface area contributed by atoms with E-state index in [9.17, 15) is 4.39 Å². The summed E-state index contributed by atoms with van der Waals surface area (Å²) in [4.78, 5) is 2.22. The molecule has 0 aromatic heterocycles. The molecule has 1 aliphatic carbocycles. The van der Waals surface area contributed by atoms with Crippen LogP contribution >= 0.6 is 11.6 Å². The lowest BCUT2D eigenvalue weighted by Crippen LogP contribution is -2.20. The molecule has 1 aliphatic heterocycles. The summed E-state index contributed by atoms with van der Waals surface area (Å²) in [5.74, 6) is -0.323. The predicted octanol–water partition coefficient (Wildman–Crippen LogP) is 4.81. The molecule has 5 heteroatoms. The maximum Gasteiger partial charge on any atom is 0.125 e. The van der Waals surface area contributed by atoms with Crippen molar-refractivity contribution in [2.75, 3.05) is 11.4 Å². The number of nitrogens with one attached hydrogen (secondary N) is 1. The predicted molar refractivity (Wildman–Crippen MR) is 110 cm³/mol. The van der Waals surface area contributed by atoms with Gasteiger partial charge in [0.25, 0.3) is 0 Å². The van der Waals surface area contributed by atoms with Crippen LogP contribution in [0, 0.1) is 11.2 Å². The summed E-state index contributed by atoms with van der Waals surface area (Å²) >= 11 is 5.93. The molecule has 1 atom stereocenters. The zero-order valence-electron chi connectivity index (χ0n) is 14.9. The van der Waals surface area contributed by atoms with Gasteiger partial charge in [0.15, 0.2) is 0 Å². The van der Waals surface area contributed by atoms with E-state index in [1.807, 2.05) is 18.2 Å². The average Bonchev–Trinajstić information content (AvgIpc) is 3.24. The van der Waals surface area contributed by atoms with Gasteiger partial charge in [0.05, 0.1) is 5.41 Å². The number of anilines is 1. The van der Waals surface area contributed by atoms with Crippen molar-refractivity contribution in [3.05, 3.63) is 95.1 Å². The van der Waals surface area contributed by atoms with Crippen molar-refractivity contribution in [1.82, 2.24) is 5.32 Å². The molecule has 1 fully saturated rings. The highest BCUT2D eigenvalue weighted by Gasteiger charge is 2.52. The Morgan fingerprint density at radius 2 is 2.11 bits per heavy atom. The number of nitrogens with two attached hydrogens (primary N) is 1. The number of rotatable bonds is 5. The molecule has 2 aromatic carbocycles. The highest BCUT2D eigenvalue weighted by atomic mass is 35.5. The van der Waals surface area contributed by atoms with Gasteiger partial charge < -0.3 is 16.0 Å². The minimum Gasteiger partial charge on any atom is -0.399 e. The first-order chi connectivity index (χ1) is 12.9. The Morgan fingerprint density at radius 1 is 1.30 bits per heavy atom. The molecule has 1 unspecified atom stereocenters. The first kappa shape index (κ1) is 17.7. The topological polar surface area (TPSA) is 41.3 Å².